The zero-order valence-corrected chi connectivity index (χ0v) is 17.0. The van der Waals surface area contributed by atoms with E-state index in [1.165, 1.54) is 13.0 Å². The highest BCUT2D eigenvalue weighted by molar-refractivity contribution is 6.05. The van der Waals surface area contributed by atoms with Crippen LogP contribution in [0.15, 0.2) is 36.4 Å². The lowest BCUT2D eigenvalue weighted by Gasteiger charge is -2.13. The van der Waals surface area contributed by atoms with Crippen LogP contribution in [0.25, 0.3) is 10.9 Å². The van der Waals surface area contributed by atoms with Crippen molar-refractivity contribution in [1.29, 1.82) is 0 Å². The van der Waals surface area contributed by atoms with Crippen LogP contribution in [0.4, 0.5) is 17.6 Å². The number of carbonyl (C=O) groups excluding carboxylic acids is 1. The van der Waals surface area contributed by atoms with Crippen LogP contribution in [0.3, 0.4) is 0 Å². The van der Waals surface area contributed by atoms with Gasteiger partial charge in [-0.25, -0.2) is 4.39 Å². The molecule has 0 saturated heterocycles. The molecule has 3 aromatic rings. The third-order valence-corrected chi connectivity index (χ3v) is 5.10. The number of aliphatic carboxylic acids is 1. The fourth-order valence-corrected chi connectivity index (χ4v) is 3.78. The van der Waals surface area contributed by atoms with Crippen molar-refractivity contribution in [3.05, 3.63) is 59.0 Å². The molecule has 170 valence electrons. The van der Waals surface area contributed by atoms with Crippen LogP contribution in [0.2, 0.25) is 0 Å². The monoisotopic (exact) mass is 453 g/mol. The van der Waals surface area contributed by atoms with Gasteiger partial charge in [-0.1, -0.05) is 13.3 Å². The SMILES string of the molecule is CCCC(C(=O)O)c1c(C)n(C(=O)c2ccc(OC(F)(F)F)cc2)c2ccc(O)c(F)c12. The molecule has 10 heteroatoms. The molecule has 1 atom stereocenters. The maximum absolute atomic E-state index is 14.9. The number of ether oxygens (including phenoxy) is 1. The Balaban J connectivity index is 2.19. The summed E-state index contributed by atoms with van der Waals surface area (Å²) in [5.74, 6) is -5.31. The lowest BCUT2D eigenvalue weighted by atomic mass is 9.92. The summed E-state index contributed by atoms with van der Waals surface area (Å²) in [4.78, 5) is 25.1. The molecule has 3 rings (SSSR count). The Labute approximate surface area is 179 Å². The van der Waals surface area contributed by atoms with Gasteiger partial charge in [0.15, 0.2) is 11.6 Å². The molecule has 1 heterocycles. The third kappa shape index (κ3) is 4.25. The largest absolute Gasteiger partial charge is 0.573 e. The van der Waals surface area contributed by atoms with Gasteiger partial charge in [-0.15, -0.1) is 13.2 Å². The zero-order valence-electron chi connectivity index (χ0n) is 17.0. The summed E-state index contributed by atoms with van der Waals surface area (Å²) >= 11 is 0. The van der Waals surface area contributed by atoms with E-state index in [0.29, 0.717) is 6.42 Å². The summed E-state index contributed by atoms with van der Waals surface area (Å²) in [5, 5.41) is 19.4. The van der Waals surface area contributed by atoms with Gasteiger partial charge in [0.2, 0.25) is 0 Å². The summed E-state index contributed by atoms with van der Waals surface area (Å²) < 4.78 is 56.9. The van der Waals surface area contributed by atoms with E-state index in [0.717, 1.165) is 34.9 Å². The normalized spacial score (nSPS) is 12.7. The molecule has 1 unspecified atom stereocenters. The maximum Gasteiger partial charge on any atom is 0.573 e. The lowest BCUT2D eigenvalue weighted by Crippen LogP contribution is -2.18. The van der Waals surface area contributed by atoms with Crippen LogP contribution in [0, 0.1) is 12.7 Å². The van der Waals surface area contributed by atoms with Gasteiger partial charge in [0.05, 0.1) is 11.4 Å². The van der Waals surface area contributed by atoms with Crippen molar-refractivity contribution >= 4 is 22.8 Å². The molecule has 0 radical (unpaired) electrons. The van der Waals surface area contributed by atoms with Gasteiger partial charge in [0.25, 0.3) is 5.91 Å². The van der Waals surface area contributed by atoms with Gasteiger partial charge in [-0.2, -0.15) is 0 Å². The first kappa shape index (κ1) is 23.1. The van der Waals surface area contributed by atoms with E-state index in [9.17, 15) is 37.4 Å². The summed E-state index contributed by atoms with van der Waals surface area (Å²) in [5.41, 5.74) is 0.233. The third-order valence-electron chi connectivity index (χ3n) is 5.10. The molecule has 2 N–H and O–H groups in total. The minimum atomic E-state index is -4.89. The number of carbonyl (C=O) groups is 2. The number of nitrogens with zero attached hydrogens (tertiary/aromatic N) is 1. The molecule has 0 aliphatic carbocycles. The summed E-state index contributed by atoms with van der Waals surface area (Å²) in [6, 6.07) is 6.49. The van der Waals surface area contributed by atoms with E-state index in [2.05, 4.69) is 4.74 Å². The fourth-order valence-electron chi connectivity index (χ4n) is 3.78. The number of phenols is 1. The Morgan fingerprint density at radius 1 is 1.12 bits per heavy atom. The molecule has 2 aromatic carbocycles. The van der Waals surface area contributed by atoms with Crippen molar-refractivity contribution in [3.8, 4) is 11.5 Å². The van der Waals surface area contributed by atoms with E-state index >= 15 is 0 Å². The molecule has 0 aliphatic heterocycles. The molecule has 32 heavy (non-hydrogen) atoms. The molecular weight excluding hydrogens is 434 g/mol. The van der Waals surface area contributed by atoms with Crippen molar-refractivity contribution in [2.75, 3.05) is 0 Å². The minimum Gasteiger partial charge on any atom is -0.505 e. The first-order valence-corrected chi connectivity index (χ1v) is 9.62. The highest BCUT2D eigenvalue weighted by Gasteiger charge is 2.32. The molecule has 0 spiro atoms. The average molecular weight is 453 g/mol. The predicted molar refractivity (Wildman–Crippen MR) is 106 cm³/mol. The molecule has 6 nitrogen and oxygen atoms in total. The summed E-state index contributed by atoms with van der Waals surface area (Å²) in [7, 11) is 0. The topological polar surface area (TPSA) is 88.8 Å². The van der Waals surface area contributed by atoms with Crippen LogP contribution in [0.5, 0.6) is 11.5 Å². The van der Waals surface area contributed by atoms with Crippen molar-refractivity contribution in [2.24, 2.45) is 0 Å². The second-order valence-corrected chi connectivity index (χ2v) is 7.18. The number of benzene rings is 2. The second kappa shape index (κ2) is 8.52. The summed E-state index contributed by atoms with van der Waals surface area (Å²) in [6.45, 7) is 3.21. The van der Waals surface area contributed by atoms with E-state index in [1.54, 1.807) is 6.92 Å². The first-order valence-electron chi connectivity index (χ1n) is 9.62. The van der Waals surface area contributed by atoms with Gasteiger partial charge in [0, 0.05) is 16.6 Å². The maximum atomic E-state index is 14.9. The van der Waals surface area contributed by atoms with Crippen molar-refractivity contribution < 1.29 is 42.1 Å². The van der Waals surface area contributed by atoms with Crippen molar-refractivity contribution in [3.63, 3.8) is 0 Å². The van der Waals surface area contributed by atoms with Crippen LogP contribution in [-0.4, -0.2) is 33.0 Å². The summed E-state index contributed by atoms with van der Waals surface area (Å²) in [6.07, 6.45) is -4.25. The predicted octanol–water partition coefficient (Wildman–Crippen LogP) is 5.35. The standard InChI is InChI=1S/C22H19F4NO5/c1-3-4-14(21(30)31)17-11(2)27(15-9-10-16(28)19(23)18(15)17)20(29)12-5-7-13(8-6-12)32-22(24,25)26/h5-10,14,28H,3-4H2,1-2H3,(H,30,31). The highest BCUT2D eigenvalue weighted by atomic mass is 19.4. The number of hydrogen-bond donors (Lipinski definition) is 2. The van der Waals surface area contributed by atoms with Crippen molar-refractivity contribution in [1.82, 2.24) is 4.57 Å². The van der Waals surface area contributed by atoms with E-state index < -0.39 is 41.5 Å². The van der Waals surface area contributed by atoms with Gasteiger partial charge >= 0.3 is 12.3 Å². The molecule has 0 aliphatic rings. The first-order chi connectivity index (χ1) is 15.0. The lowest BCUT2D eigenvalue weighted by molar-refractivity contribution is -0.274. The highest BCUT2D eigenvalue weighted by Crippen LogP contribution is 2.39. The number of hydrogen-bond acceptors (Lipinski definition) is 4. The quantitative estimate of drug-likeness (QED) is 0.491. The number of alkyl halides is 3. The molecule has 0 fully saturated rings. The van der Waals surface area contributed by atoms with Crippen LogP contribution < -0.4 is 4.74 Å². The van der Waals surface area contributed by atoms with E-state index in [4.69, 9.17) is 0 Å². The Kier molecular flexibility index (Phi) is 6.16. The number of aromatic nitrogens is 1. The van der Waals surface area contributed by atoms with Gasteiger partial charge in [0.1, 0.15) is 5.75 Å². The van der Waals surface area contributed by atoms with Gasteiger partial charge < -0.3 is 14.9 Å². The Hall–Kier alpha value is -3.56. The number of halogens is 4. The zero-order chi connectivity index (χ0) is 23.8. The average Bonchev–Trinajstić information content (AvgIpc) is 3.00. The Morgan fingerprint density at radius 3 is 2.28 bits per heavy atom. The fraction of sp³-hybridized carbons (Fsp3) is 0.273. The van der Waals surface area contributed by atoms with Crippen LogP contribution >= 0.6 is 0 Å². The molecular formula is C22H19F4NO5. The van der Waals surface area contributed by atoms with E-state index in [-0.39, 0.29) is 34.1 Å². The van der Waals surface area contributed by atoms with Crippen LogP contribution in [0.1, 0.15) is 47.3 Å². The Morgan fingerprint density at radius 2 is 1.75 bits per heavy atom. The van der Waals surface area contributed by atoms with Crippen molar-refractivity contribution in [2.45, 2.75) is 39.0 Å². The second-order valence-electron chi connectivity index (χ2n) is 7.18. The molecule has 0 saturated carbocycles. The Bertz CT molecular complexity index is 1180. The number of carboxylic acid groups (broad SMARTS) is 1. The van der Waals surface area contributed by atoms with Gasteiger partial charge in [-0.05, 0) is 55.3 Å². The molecule has 0 amide bonds. The number of aromatic hydroxyl groups is 1. The minimum absolute atomic E-state index is 0.0260. The molecule has 1 aromatic heterocycles. The van der Waals surface area contributed by atoms with Crippen LogP contribution in [-0.2, 0) is 4.79 Å². The number of fused-ring (bicyclic) bond motifs is 1. The number of carboxylic acids is 1. The van der Waals surface area contributed by atoms with Gasteiger partial charge in [-0.3, -0.25) is 14.2 Å². The number of phenolic OH excluding ortho intramolecular Hbond substituents is 1. The van der Waals surface area contributed by atoms with E-state index in [1.807, 2.05) is 0 Å². The molecule has 0 bridgehead atoms. The number of rotatable bonds is 6. The smallest absolute Gasteiger partial charge is 0.505 e.